The molecule has 0 amide bonds. The molecular weight excluding hydrogens is 175 g/mol. The van der Waals surface area contributed by atoms with Crippen LogP contribution in [0.15, 0.2) is 0 Å². The second-order valence-corrected chi connectivity index (χ2v) is 6.33. The average molecular weight is 200 g/mol. The molecule has 1 saturated carbocycles. The highest BCUT2D eigenvalue weighted by atomic mass is 19.1. The number of halogens is 1. The Hall–Kier alpha value is -0.0700. The van der Waals surface area contributed by atoms with E-state index in [1.165, 1.54) is 0 Å². The molecule has 0 N–H and O–H groups in total. The van der Waals surface area contributed by atoms with Crippen molar-refractivity contribution in [1.82, 2.24) is 0 Å². The van der Waals surface area contributed by atoms with Gasteiger partial charge in [0.1, 0.15) is 5.67 Å². The van der Waals surface area contributed by atoms with E-state index in [1.54, 1.807) is 0 Å². The van der Waals surface area contributed by atoms with Crippen LogP contribution in [0.5, 0.6) is 0 Å². The van der Waals surface area contributed by atoms with Gasteiger partial charge in [-0.1, -0.05) is 34.6 Å². The first-order valence-electron chi connectivity index (χ1n) is 5.94. The number of hydrogen-bond donors (Lipinski definition) is 0. The first-order chi connectivity index (χ1) is 6.26. The van der Waals surface area contributed by atoms with Gasteiger partial charge < -0.3 is 0 Å². The highest BCUT2D eigenvalue weighted by Gasteiger charge is 2.40. The van der Waals surface area contributed by atoms with Crippen LogP contribution in [0, 0.1) is 17.3 Å². The number of alkyl halides is 1. The second kappa shape index (κ2) is 3.83. The summed E-state index contributed by atoms with van der Waals surface area (Å²) in [6.45, 7) is 10.9. The first-order valence-corrected chi connectivity index (χ1v) is 5.94. The standard InChI is InChI=1S/C13H25F/c1-10(2)13(14)8-6-11(7-9-13)12(3,4)5/h10-11H,6-9H2,1-5H3. The van der Waals surface area contributed by atoms with Gasteiger partial charge >= 0.3 is 0 Å². The highest BCUT2D eigenvalue weighted by Crippen LogP contribution is 2.45. The molecular formula is C13H25F. The Labute approximate surface area is 88.3 Å². The summed E-state index contributed by atoms with van der Waals surface area (Å²) in [6.07, 6.45) is 3.68. The topological polar surface area (TPSA) is 0 Å². The molecule has 0 atom stereocenters. The van der Waals surface area contributed by atoms with Crippen molar-refractivity contribution in [2.45, 2.75) is 66.0 Å². The van der Waals surface area contributed by atoms with E-state index in [9.17, 15) is 4.39 Å². The van der Waals surface area contributed by atoms with Gasteiger partial charge in [0.2, 0.25) is 0 Å². The minimum atomic E-state index is -0.873. The summed E-state index contributed by atoms with van der Waals surface area (Å²) in [4.78, 5) is 0. The van der Waals surface area contributed by atoms with Gasteiger partial charge in [0.25, 0.3) is 0 Å². The van der Waals surface area contributed by atoms with Crippen LogP contribution in [0.1, 0.15) is 60.3 Å². The molecule has 1 fully saturated rings. The molecule has 0 spiro atoms. The summed E-state index contributed by atoms with van der Waals surface area (Å²) >= 11 is 0. The Bertz CT molecular complexity index is 180. The van der Waals surface area contributed by atoms with Crippen LogP contribution in [-0.2, 0) is 0 Å². The maximum absolute atomic E-state index is 14.3. The molecule has 0 aromatic rings. The van der Waals surface area contributed by atoms with Gasteiger partial charge in [-0.05, 0) is 42.9 Å². The van der Waals surface area contributed by atoms with Crippen LogP contribution >= 0.6 is 0 Å². The third kappa shape index (κ3) is 2.49. The minimum Gasteiger partial charge on any atom is -0.244 e. The summed E-state index contributed by atoms with van der Waals surface area (Å²) in [5.41, 5.74) is -0.514. The monoisotopic (exact) mass is 200 g/mol. The molecule has 0 aromatic heterocycles. The summed E-state index contributed by atoms with van der Waals surface area (Å²) in [6, 6.07) is 0. The molecule has 14 heavy (non-hydrogen) atoms. The Morgan fingerprint density at radius 3 is 1.86 bits per heavy atom. The molecule has 84 valence electrons. The van der Waals surface area contributed by atoms with E-state index in [1.807, 2.05) is 13.8 Å². The highest BCUT2D eigenvalue weighted by molar-refractivity contribution is 4.91. The van der Waals surface area contributed by atoms with Crippen molar-refractivity contribution >= 4 is 0 Å². The van der Waals surface area contributed by atoms with Gasteiger partial charge in [-0.3, -0.25) is 0 Å². The Balaban J connectivity index is 2.54. The van der Waals surface area contributed by atoms with Crippen molar-refractivity contribution in [3.8, 4) is 0 Å². The zero-order valence-electron chi connectivity index (χ0n) is 10.4. The van der Waals surface area contributed by atoms with Crippen LogP contribution in [0.25, 0.3) is 0 Å². The van der Waals surface area contributed by atoms with E-state index < -0.39 is 5.67 Å². The Morgan fingerprint density at radius 1 is 1.14 bits per heavy atom. The molecule has 0 saturated heterocycles. The van der Waals surface area contributed by atoms with Gasteiger partial charge in [0, 0.05) is 0 Å². The molecule has 1 aliphatic carbocycles. The summed E-state index contributed by atoms with van der Waals surface area (Å²) < 4.78 is 14.3. The van der Waals surface area contributed by atoms with Crippen LogP contribution in [0.3, 0.4) is 0 Å². The molecule has 0 aromatic carbocycles. The third-order valence-corrected chi connectivity index (χ3v) is 4.08. The van der Waals surface area contributed by atoms with Gasteiger partial charge in [-0.15, -0.1) is 0 Å². The van der Waals surface area contributed by atoms with Crippen LogP contribution in [0.2, 0.25) is 0 Å². The molecule has 0 radical (unpaired) electrons. The Morgan fingerprint density at radius 2 is 1.57 bits per heavy atom. The molecule has 0 aliphatic heterocycles. The van der Waals surface area contributed by atoms with Gasteiger partial charge in [-0.25, -0.2) is 4.39 Å². The fraction of sp³-hybridized carbons (Fsp3) is 1.00. The van der Waals surface area contributed by atoms with Crippen molar-refractivity contribution in [1.29, 1.82) is 0 Å². The van der Waals surface area contributed by atoms with Gasteiger partial charge in [-0.2, -0.15) is 0 Å². The minimum absolute atomic E-state index is 0.184. The van der Waals surface area contributed by atoms with Crippen molar-refractivity contribution in [2.24, 2.45) is 17.3 Å². The fourth-order valence-electron chi connectivity index (χ4n) is 2.54. The van der Waals surface area contributed by atoms with E-state index in [0.717, 1.165) is 25.7 Å². The van der Waals surface area contributed by atoms with Crippen molar-refractivity contribution in [3.63, 3.8) is 0 Å². The van der Waals surface area contributed by atoms with Crippen LogP contribution in [0.4, 0.5) is 4.39 Å². The Kier molecular flexibility index (Phi) is 3.28. The van der Waals surface area contributed by atoms with E-state index in [0.29, 0.717) is 11.3 Å². The third-order valence-electron chi connectivity index (χ3n) is 4.08. The normalized spacial score (nSPS) is 34.9. The lowest BCUT2D eigenvalue weighted by atomic mass is 9.67. The van der Waals surface area contributed by atoms with Crippen molar-refractivity contribution < 1.29 is 4.39 Å². The van der Waals surface area contributed by atoms with E-state index in [4.69, 9.17) is 0 Å². The molecule has 1 aliphatic rings. The molecule has 1 rings (SSSR count). The van der Waals surface area contributed by atoms with Gasteiger partial charge in [0.05, 0.1) is 0 Å². The van der Waals surface area contributed by atoms with Crippen LogP contribution in [-0.4, -0.2) is 5.67 Å². The largest absolute Gasteiger partial charge is 0.244 e. The first kappa shape index (κ1) is 12.0. The number of rotatable bonds is 1. The predicted molar refractivity (Wildman–Crippen MR) is 60.1 cm³/mol. The van der Waals surface area contributed by atoms with Gasteiger partial charge in [0.15, 0.2) is 0 Å². The van der Waals surface area contributed by atoms with Crippen LogP contribution < -0.4 is 0 Å². The molecule has 0 bridgehead atoms. The SMILES string of the molecule is CC(C)C1(F)CCC(C(C)(C)C)CC1. The maximum atomic E-state index is 14.3. The van der Waals surface area contributed by atoms with Crippen molar-refractivity contribution in [2.75, 3.05) is 0 Å². The quantitative estimate of drug-likeness (QED) is 0.581. The zero-order chi connectivity index (χ0) is 11.0. The van der Waals surface area contributed by atoms with Crippen molar-refractivity contribution in [3.05, 3.63) is 0 Å². The lowest BCUT2D eigenvalue weighted by molar-refractivity contribution is 0.0138. The smallest absolute Gasteiger partial charge is 0.113 e. The number of hydrogen-bond acceptors (Lipinski definition) is 0. The van der Waals surface area contributed by atoms with E-state index >= 15 is 0 Å². The zero-order valence-corrected chi connectivity index (χ0v) is 10.4. The summed E-state index contributed by atoms with van der Waals surface area (Å²) in [5.74, 6) is 0.897. The molecule has 0 nitrogen and oxygen atoms in total. The molecule has 1 heteroatoms. The lowest BCUT2D eigenvalue weighted by Crippen LogP contribution is -2.37. The predicted octanol–water partition coefficient (Wildman–Crippen LogP) is 4.59. The maximum Gasteiger partial charge on any atom is 0.113 e. The summed E-state index contributed by atoms with van der Waals surface area (Å²) in [7, 11) is 0. The fourth-order valence-corrected chi connectivity index (χ4v) is 2.54. The summed E-state index contributed by atoms with van der Waals surface area (Å²) in [5, 5.41) is 0. The molecule has 0 unspecified atom stereocenters. The molecule has 0 heterocycles. The second-order valence-electron chi connectivity index (χ2n) is 6.33. The van der Waals surface area contributed by atoms with E-state index in [-0.39, 0.29) is 5.92 Å². The van der Waals surface area contributed by atoms with E-state index in [2.05, 4.69) is 20.8 Å². The lowest BCUT2D eigenvalue weighted by Gasteiger charge is -2.41. The average Bonchev–Trinajstić information content (AvgIpc) is 2.03.